The molecule has 0 N–H and O–H groups in total. The summed E-state index contributed by atoms with van der Waals surface area (Å²) in [6.45, 7) is 4.40. The summed E-state index contributed by atoms with van der Waals surface area (Å²) in [7, 11) is 3.23. The van der Waals surface area contributed by atoms with Crippen molar-refractivity contribution in [2.45, 2.75) is 6.54 Å². The third-order valence-electron chi connectivity index (χ3n) is 3.53. The largest absolute Gasteiger partial charge is 0.497 e. The summed E-state index contributed by atoms with van der Waals surface area (Å²) in [6, 6.07) is 8.12. The van der Waals surface area contributed by atoms with Crippen LogP contribution < -0.4 is 4.74 Å². The van der Waals surface area contributed by atoms with Gasteiger partial charge in [0.2, 0.25) is 5.91 Å². The van der Waals surface area contributed by atoms with Gasteiger partial charge in [0.25, 0.3) is 0 Å². The maximum Gasteiger partial charge on any atom is 0.248 e. The van der Waals surface area contributed by atoms with Crippen molar-refractivity contribution in [3.05, 3.63) is 29.8 Å². The van der Waals surface area contributed by atoms with Crippen LogP contribution in [0.2, 0.25) is 0 Å². The third kappa shape index (κ3) is 3.95. The van der Waals surface area contributed by atoms with E-state index in [2.05, 4.69) is 17.0 Å². The number of benzene rings is 1. The van der Waals surface area contributed by atoms with Crippen molar-refractivity contribution in [2.24, 2.45) is 0 Å². The summed E-state index contributed by atoms with van der Waals surface area (Å²) in [6.07, 6.45) is 0. The first-order valence-corrected chi connectivity index (χ1v) is 6.85. The van der Waals surface area contributed by atoms with Crippen LogP contribution in [0.1, 0.15) is 5.56 Å². The summed E-state index contributed by atoms with van der Waals surface area (Å²) >= 11 is 0. The predicted molar refractivity (Wildman–Crippen MR) is 76.7 cm³/mol. The Kier molecular flexibility index (Phi) is 5.38. The third-order valence-corrected chi connectivity index (χ3v) is 3.53. The van der Waals surface area contributed by atoms with Crippen LogP contribution in [0.3, 0.4) is 0 Å². The van der Waals surface area contributed by atoms with Gasteiger partial charge in [-0.3, -0.25) is 9.69 Å². The van der Waals surface area contributed by atoms with Gasteiger partial charge in [-0.05, 0) is 17.7 Å². The number of amides is 1. The molecule has 1 aliphatic heterocycles. The fourth-order valence-electron chi connectivity index (χ4n) is 2.40. The molecule has 1 aliphatic rings. The molecule has 0 aromatic heterocycles. The Morgan fingerprint density at radius 3 is 2.60 bits per heavy atom. The molecule has 110 valence electrons. The first-order chi connectivity index (χ1) is 9.72. The zero-order valence-corrected chi connectivity index (χ0v) is 12.2. The van der Waals surface area contributed by atoms with Gasteiger partial charge < -0.3 is 14.4 Å². The lowest BCUT2D eigenvalue weighted by molar-refractivity contribution is -0.136. The van der Waals surface area contributed by atoms with Crippen LogP contribution in [0.15, 0.2) is 24.3 Å². The van der Waals surface area contributed by atoms with Gasteiger partial charge in [0.15, 0.2) is 0 Å². The van der Waals surface area contributed by atoms with Crippen LogP contribution in [-0.2, 0) is 16.1 Å². The minimum Gasteiger partial charge on any atom is -0.497 e. The molecule has 5 nitrogen and oxygen atoms in total. The van der Waals surface area contributed by atoms with Crippen LogP contribution in [0.25, 0.3) is 0 Å². The highest BCUT2D eigenvalue weighted by molar-refractivity contribution is 5.77. The van der Waals surface area contributed by atoms with E-state index in [1.807, 2.05) is 17.0 Å². The maximum absolute atomic E-state index is 11.7. The number of hydrogen-bond acceptors (Lipinski definition) is 4. The van der Waals surface area contributed by atoms with Gasteiger partial charge in [-0.25, -0.2) is 0 Å². The number of rotatable bonds is 5. The van der Waals surface area contributed by atoms with E-state index >= 15 is 0 Å². The highest BCUT2D eigenvalue weighted by Gasteiger charge is 2.20. The standard InChI is InChI=1S/C15H22N2O3/c1-19-12-15(18)17-8-6-16(7-9-17)11-13-4-3-5-14(10-13)20-2/h3-5,10H,6-9,11-12H2,1-2H3. The molecular formula is C15H22N2O3. The minimum atomic E-state index is 0.0773. The number of methoxy groups -OCH3 is 2. The molecular weight excluding hydrogens is 256 g/mol. The monoisotopic (exact) mass is 278 g/mol. The van der Waals surface area contributed by atoms with Crippen LogP contribution in [0.4, 0.5) is 0 Å². The minimum absolute atomic E-state index is 0.0773. The first kappa shape index (κ1) is 14.8. The lowest BCUT2D eigenvalue weighted by atomic mass is 10.2. The lowest BCUT2D eigenvalue weighted by Gasteiger charge is -2.34. The molecule has 20 heavy (non-hydrogen) atoms. The first-order valence-electron chi connectivity index (χ1n) is 6.85. The predicted octanol–water partition coefficient (Wildman–Crippen LogP) is 0.986. The molecule has 2 rings (SSSR count). The van der Waals surface area contributed by atoms with Crippen molar-refractivity contribution in [3.8, 4) is 5.75 Å². The van der Waals surface area contributed by atoms with E-state index in [1.54, 1.807) is 14.2 Å². The van der Waals surface area contributed by atoms with Gasteiger partial charge in [0.05, 0.1) is 7.11 Å². The normalized spacial score (nSPS) is 16.2. The van der Waals surface area contributed by atoms with Gasteiger partial charge in [-0.2, -0.15) is 0 Å². The topological polar surface area (TPSA) is 42.0 Å². The fraction of sp³-hybridized carbons (Fsp3) is 0.533. The lowest BCUT2D eigenvalue weighted by Crippen LogP contribution is -2.49. The SMILES string of the molecule is COCC(=O)N1CCN(Cc2cccc(OC)c2)CC1. The Morgan fingerprint density at radius 2 is 1.95 bits per heavy atom. The number of nitrogens with zero attached hydrogens (tertiary/aromatic N) is 2. The molecule has 1 heterocycles. The van der Waals surface area contributed by atoms with Crippen LogP contribution in [-0.4, -0.2) is 62.7 Å². The smallest absolute Gasteiger partial charge is 0.248 e. The summed E-state index contributed by atoms with van der Waals surface area (Å²) < 4.78 is 10.1. The quantitative estimate of drug-likeness (QED) is 0.805. The van der Waals surface area contributed by atoms with Gasteiger partial charge >= 0.3 is 0 Å². The second-order valence-corrected chi connectivity index (χ2v) is 4.94. The van der Waals surface area contributed by atoms with Crippen molar-refractivity contribution < 1.29 is 14.3 Å². The molecule has 0 spiro atoms. The number of ether oxygens (including phenoxy) is 2. The summed E-state index contributed by atoms with van der Waals surface area (Å²) in [4.78, 5) is 15.9. The zero-order chi connectivity index (χ0) is 14.4. The van der Waals surface area contributed by atoms with E-state index < -0.39 is 0 Å². The Hall–Kier alpha value is -1.59. The molecule has 5 heteroatoms. The second kappa shape index (κ2) is 7.26. The van der Waals surface area contributed by atoms with Crippen LogP contribution >= 0.6 is 0 Å². The maximum atomic E-state index is 11.7. The average molecular weight is 278 g/mol. The number of carbonyl (C=O) groups is 1. The van der Waals surface area contributed by atoms with E-state index in [1.165, 1.54) is 5.56 Å². The molecule has 0 bridgehead atoms. The molecule has 1 saturated heterocycles. The Bertz CT molecular complexity index is 442. The Balaban J connectivity index is 1.83. The average Bonchev–Trinajstić information content (AvgIpc) is 2.48. The molecule has 1 aromatic rings. The molecule has 0 unspecified atom stereocenters. The van der Waals surface area contributed by atoms with Gasteiger partial charge in [-0.1, -0.05) is 12.1 Å². The molecule has 0 atom stereocenters. The highest BCUT2D eigenvalue weighted by atomic mass is 16.5. The molecule has 1 fully saturated rings. The molecule has 1 aromatic carbocycles. The molecule has 1 amide bonds. The van der Waals surface area contributed by atoms with E-state index in [-0.39, 0.29) is 12.5 Å². The van der Waals surface area contributed by atoms with E-state index in [0.29, 0.717) is 0 Å². The molecule has 0 aliphatic carbocycles. The molecule has 0 saturated carbocycles. The van der Waals surface area contributed by atoms with E-state index in [9.17, 15) is 4.79 Å². The summed E-state index contributed by atoms with van der Waals surface area (Å²) in [5.74, 6) is 0.963. The Morgan fingerprint density at radius 1 is 1.20 bits per heavy atom. The van der Waals surface area contributed by atoms with Crippen molar-refractivity contribution in [2.75, 3.05) is 47.0 Å². The van der Waals surface area contributed by atoms with Crippen molar-refractivity contribution >= 4 is 5.91 Å². The van der Waals surface area contributed by atoms with Crippen molar-refractivity contribution in [1.29, 1.82) is 0 Å². The van der Waals surface area contributed by atoms with Gasteiger partial charge in [-0.15, -0.1) is 0 Å². The van der Waals surface area contributed by atoms with Crippen LogP contribution in [0, 0.1) is 0 Å². The van der Waals surface area contributed by atoms with Gasteiger partial charge in [0.1, 0.15) is 12.4 Å². The number of carbonyl (C=O) groups excluding carboxylic acids is 1. The van der Waals surface area contributed by atoms with Crippen molar-refractivity contribution in [3.63, 3.8) is 0 Å². The Labute approximate surface area is 120 Å². The summed E-state index contributed by atoms with van der Waals surface area (Å²) in [5.41, 5.74) is 1.24. The van der Waals surface area contributed by atoms with Crippen molar-refractivity contribution in [1.82, 2.24) is 9.80 Å². The highest BCUT2D eigenvalue weighted by Crippen LogP contribution is 2.15. The fourth-order valence-corrected chi connectivity index (χ4v) is 2.40. The number of hydrogen-bond donors (Lipinski definition) is 0. The molecule has 0 radical (unpaired) electrons. The van der Waals surface area contributed by atoms with Crippen LogP contribution in [0.5, 0.6) is 5.75 Å². The van der Waals surface area contributed by atoms with Gasteiger partial charge in [0, 0.05) is 39.8 Å². The number of piperazine rings is 1. The van der Waals surface area contributed by atoms with E-state index in [4.69, 9.17) is 9.47 Å². The van der Waals surface area contributed by atoms with E-state index in [0.717, 1.165) is 38.5 Å². The zero-order valence-electron chi connectivity index (χ0n) is 12.2. The second-order valence-electron chi connectivity index (χ2n) is 4.94. The summed E-state index contributed by atoms with van der Waals surface area (Å²) in [5, 5.41) is 0.